The molecule has 0 aliphatic heterocycles. The summed E-state index contributed by atoms with van der Waals surface area (Å²) in [7, 11) is 5.26. The minimum atomic E-state index is 0.320. The molecule has 0 fully saturated rings. The van der Waals surface area contributed by atoms with Crippen LogP contribution >= 0.6 is 0 Å². The molecule has 0 aromatic carbocycles. The number of hydroxylamine groups is 1. The smallest absolute Gasteiger partial charge is 0.174 e. The van der Waals surface area contributed by atoms with Gasteiger partial charge in [-0.05, 0) is 5.92 Å². The van der Waals surface area contributed by atoms with E-state index < -0.39 is 0 Å². The SMILES string of the molecule is CON(C)c1c(N)c(C(C)C)nn1C. The molecule has 1 aromatic heterocycles. The Bertz CT molecular complexity index is 319. The summed E-state index contributed by atoms with van der Waals surface area (Å²) >= 11 is 0. The molecule has 0 bridgehead atoms. The molecule has 0 radical (unpaired) electrons. The lowest BCUT2D eigenvalue weighted by Gasteiger charge is -2.16. The van der Waals surface area contributed by atoms with E-state index in [2.05, 4.69) is 18.9 Å². The summed E-state index contributed by atoms with van der Waals surface area (Å²) in [5.41, 5.74) is 7.57. The monoisotopic (exact) mass is 198 g/mol. The van der Waals surface area contributed by atoms with E-state index in [9.17, 15) is 0 Å². The van der Waals surface area contributed by atoms with Crippen LogP contribution in [0.15, 0.2) is 0 Å². The van der Waals surface area contributed by atoms with Crippen molar-refractivity contribution in [3.63, 3.8) is 0 Å². The van der Waals surface area contributed by atoms with Gasteiger partial charge in [-0.3, -0.25) is 4.84 Å². The average Bonchev–Trinajstić information content (AvgIpc) is 2.41. The van der Waals surface area contributed by atoms with Gasteiger partial charge < -0.3 is 5.73 Å². The second-order valence-electron chi connectivity index (χ2n) is 3.58. The number of anilines is 2. The van der Waals surface area contributed by atoms with Gasteiger partial charge in [-0.25, -0.2) is 9.75 Å². The normalized spacial score (nSPS) is 11.0. The standard InChI is InChI=1S/C9H18N4O/c1-6(2)8-7(10)9(12(3)11-8)13(4)14-5/h6H,10H2,1-5H3. The molecule has 0 aliphatic rings. The van der Waals surface area contributed by atoms with E-state index in [1.807, 2.05) is 7.05 Å². The molecule has 14 heavy (non-hydrogen) atoms. The predicted octanol–water partition coefficient (Wildman–Crippen LogP) is 1.12. The van der Waals surface area contributed by atoms with Gasteiger partial charge in [0.05, 0.1) is 12.8 Å². The number of hydrogen-bond donors (Lipinski definition) is 1. The molecule has 0 saturated heterocycles. The zero-order valence-corrected chi connectivity index (χ0v) is 9.40. The Kier molecular flexibility index (Phi) is 3.00. The fourth-order valence-electron chi connectivity index (χ4n) is 1.44. The molecule has 1 heterocycles. The quantitative estimate of drug-likeness (QED) is 0.739. The fourth-order valence-corrected chi connectivity index (χ4v) is 1.44. The molecule has 0 amide bonds. The van der Waals surface area contributed by atoms with E-state index in [1.54, 1.807) is 23.9 Å². The maximum absolute atomic E-state index is 5.98. The second kappa shape index (κ2) is 3.88. The number of hydrogen-bond acceptors (Lipinski definition) is 4. The average molecular weight is 198 g/mol. The van der Waals surface area contributed by atoms with Gasteiger partial charge in [0.25, 0.3) is 0 Å². The van der Waals surface area contributed by atoms with Crippen molar-refractivity contribution in [2.75, 3.05) is 25.0 Å². The van der Waals surface area contributed by atoms with Gasteiger partial charge in [-0.2, -0.15) is 5.10 Å². The summed E-state index contributed by atoms with van der Waals surface area (Å²) in [6, 6.07) is 0. The number of rotatable bonds is 3. The van der Waals surface area contributed by atoms with Crippen molar-refractivity contribution in [3.8, 4) is 0 Å². The Labute approximate surface area is 84.4 Å². The number of nitrogen functional groups attached to an aromatic ring is 1. The Balaban J connectivity index is 3.17. The highest BCUT2D eigenvalue weighted by Gasteiger charge is 2.18. The van der Waals surface area contributed by atoms with E-state index in [1.165, 1.54) is 0 Å². The molecule has 1 aromatic rings. The van der Waals surface area contributed by atoms with Gasteiger partial charge in [0.2, 0.25) is 0 Å². The molecule has 0 saturated carbocycles. The molecular formula is C9H18N4O. The topological polar surface area (TPSA) is 56.3 Å². The van der Waals surface area contributed by atoms with Crippen molar-refractivity contribution in [3.05, 3.63) is 5.69 Å². The summed E-state index contributed by atoms with van der Waals surface area (Å²) in [4.78, 5) is 5.08. The number of aryl methyl sites for hydroxylation is 1. The van der Waals surface area contributed by atoms with E-state index in [-0.39, 0.29) is 0 Å². The first-order valence-electron chi connectivity index (χ1n) is 4.59. The van der Waals surface area contributed by atoms with Gasteiger partial charge in [0.1, 0.15) is 5.69 Å². The van der Waals surface area contributed by atoms with Crippen molar-refractivity contribution in [1.29, 1.82) is 0 Å². The number of nitrogens with two attached hydrogens (primary N) is 1. The molecule has 5 heteroatoms. The Morgan fingerprint density at radius 3 is 2.43 bits per heavy atom. The van der Waals surface area contributed by atoms with E-state index in [4.69, 9.17) is 10.6 Å². The predicted molar refractivity (Wildman–Crippen MR) is 57.1 cm³/mol. The summed E-state index contributed by atoms with van der Waals surface area (Å²) in [5.74, 6) is 1.11. The zero-order chi connectivity index (χ0) is 10.9. The summed E-state index contributed by atoms with van der Waals surface area (Å²) in [5, 5.41) is 5.95. The Morgan fingerprint density at radius 2 is 2.07 bits per heavy atom. The first-order valence-corrected chi connectivity index (χ1v) is 4.59. The van der Waals surface area contributed by atoms with E-state index in [0.29, 0.717) is 11.6 Å². The fraction of sp³-hybridized carbons (Fsp3) is 0.667. The van der Waals surface area contributed by atoms with Gasteiger partial charge in [0.15, 0.2) is 5.82 Å². The highest BCUT2D eigenvalue weighted by atomic mass is 16.7. The first kappa shape index (κ1) is 10.8. The molecule has 0 spiro atoms. The lowest BCUT2D eigenvalue weighted by atomic mass is 10.1. The van der Waals surface area contributed by atoms with E-state index in [0.717, 1.165) is 11.5 Å². The third-order valence-electron chi connectivity index (χ3n) is 2.20. The van der Waals surface area contributed by atoms with Crippen LogP contribution in [0.1, 0.15) is 25.5 Å². The molecule has 0 unspecified atom stereocenters. The van der Waals surface area contributed by atoms with Crippen LogP contribution in [0, 0.1) is 0 Å². The third kappa shape index (κ3) is 1.68. The van der Waals surface area contributed by atoms with Crippen LogP contribution in [0.25, 0.3) is 0 Å². The van der Waals surface area contributed by atoms with Crippen LogP contribution in [0.3, 0.4) is 0 Å². The first-order chi connectivity index (χ1) is 6.49. The van der Waals surface area contributed by atoms with Crippen LogP contribution in [-0.2, 0) is 11.9 Å². The van der Waals surface area contributed by atoms with Gasteiger partial charge in [-0.15, -0.1) is 0 Å². The molecule has 0 atom stereocenters. The molecule has 1 rings (SSSR count). The maximum atomic E-state index is 5.98. The lowest BCUT2D eigenvalue weighted by molar-refractivity contribution is 0.180. The van der Waals surface area contributed by atoms with Gasteiger partial charge >= 0.3 is 0 Å². The maximum Gasteiger partial charge on any atom is 0.174 e. The minimum Gasteiger partial charge on any atom is -0.394 e. The lowest BCUT2D eigenvalue weighted by Crippen LogP contribution is -2.19. The van der Waals surface area contributed by atoms with Gasteiger partial charge in [-0.1, -0.05) is 13.8 Å². The molecular weight excluding hydrogens is 180 g/mol. The largest absolute Gasteiger partial charge is 0.394 e. The van der Waals surface area contributed by atoms with Crippen molar-refractivity contribution >= 4 is 11.5 Å². The minimum absolute atomic E-state index is 0.320. The zero-order valence-electron chi connectivity index (χ0n) is 9.40. The Morgan fingerprint density at radius 1 is 1.50 bits per heavy atom. The van der Waals surface area contributed by atoms with Crippen LogP contribution in [0.2, 0.25) is 0 Å². The highest BCUT2D eigenvalue weighted by Crippen LogP contribution is 2.29. The van der Waals surface area contributed by atoms with Crippen molar-refractivity contribution in [1.82, 2.24) is 9.78 Å². The summed E-state index contributed by atoms with van der Waals surface area (Å²) < 4.78 is 1.73. The van der Waals surface area contributed by atoms with Crippen molar-refractivity contribution in [2.45, 2.75) is 19.8 Å². The third-order valence-corrected chi connectivity index (χ3v) is 2.20. The molecule has 5 nitrogen and oxygen atoms in total. The van der Waals surface area contributed by atoms with Crippen LogP contribution in [0.4, 0.5) is 11.5 Å². The van der Waals surface area contributed by atoms with E-state index >= 15 is 0 Å². The molecule has 80 valence electrons. The number of nitrogens with zero attached hydrogens (tertiary/aromatic N) is 3. The molecule has 2 N–H and O–H groups in total. The summed E-state index contributed by atoms with van der Waals surface area (Å²) in [6.07, 6.45) is 0. The van der Waals surface area contributed by atoms with Crippen LogP contribution < -0.4 is 10.8 Å². The van der Waals surface area contributed by atoms with Crippen molar-refractivity contribution in [2.24, 2.45) is 7.05 Å². The number of aromatic nitrogens is 2. The molecule has 0 aliphatic carbocycles. The van der Waals surface area contributed by atoms with Crippen molar-refractivity contribution < 1.29 is 4.84 Å². The highest BCUT2D eigenvalue weighted by molar-refractivity contribution is 5.65. The van der Waals surface area contributed by atoms with Crippen LogP contribution in [-0.4, -0.2) is 23.9 Å². The van der Waals surface area contributed by atoms with Crippen LogP contribution in [0.5, 0.6) is 0 Å². The van der Waals surface area contributed by atoms with Gasteiger partial charge in [0, 0.05) is 14.1 Å². The Hall–Kier alpha value is -1.23. The summed E-state index contributed by atoms with van der Waals surface area (Å²) in [6.45, 7) is 4.13. The second-order valence-corrected chi connectivity index (χ2v) is 3.58.